The van der Waals surface area contributed by atoms with Gasteiger partial charge < -0.3 is 5.32 Å². The van der Waals surface area contributed by atoms with E-state index in [1.54, 1.807) is 0 Å². The Bertz CT molecular complexity index is 271. The average Bonchev–Trinajstić information content (AvgIpc) is 3.01. The van der Waals surface area contributed by atoms with Crippen molar-refractivity contribution in [2.75, 3.05) is 7.05 Å². The molecule has 0 radical (unpaired) electrons. The summed E-state index contributed by atoms with van der Waals surface area (Å²) in [6.45, 7) is 9.80. The number of nitrogens with one attached hydrogen (secondary N) is 1. The molecule has 0 saturated heterocycles. The third-order valence-corrected chi connectivity index (χ3v) is 6.49. The molecule has 2 fully saturated rings. The summed E-state index contributed by atoms with van der Waals surface area (Å²) < 4.78 is 0. The van der Waals surface area contributed by atoms with Crippen LogP contribution >= 0.6 is 0 Å². The van der Waals surface area contributed by atoms with Crippen molar-refractivity contribution in [1.82, 2.24) is 5.32 Å². The van der Waals surface area contributed by atoms with E-state index < -0.39 is 0 Å². The summed E-state index contributed by atoms with van der Waals surface area (Å²) in [4.78, 5) is 0. The van der Waals surface area contributed by atoms with Crippen LogP contribution in [0.4, 0.5) is 0 Å². The molecule has 0 heterocycles. The van der Waals surface area contributed by atoms with Crippen LogP contribution < -0.4 is 5.32 Å². The summed E-state index contributed by atoms with van der Waals surface area (Å²) in [5.41, 5.74) is 0. The molecule has 0 spiro atoms. The quantitative estimate of drug-likeness (QED) is 0.758. The highest BCUT2D eigenvalue weighted by Gasteiger charge is 2.54. The summed E-state index contributed by atoms with van der Waals surface area (Å²) >= 11 is 0. The van der Waals surface area contributed by atoms with Gasteiger partial charge in [-0.25, -0.2) is 0 Å². The first-order valence-corrected chi connectivity index (χ1v) is 8.82. The average molecular weight is 265 g/mol. The van der Waals surface area contributed by atoms with Gasteiger partial charge in [0, 0.05) is 6.04 Å². The van der Waals surface area contributed by atoms with Crippen LogP contribution in [0.2, 0.25) is 0 Å². The van der Waals surface area contributed by atoms with Crippen molar-refractivity contribution in [3.05, 3.63) is 0 Å². The molecule has 2 aliphatic rings. The molecule has 2 saturated carbocycles. The molecule has 112 valence electrons. The van der Waals surface area contributed by atoms with E-state index in [0.717, 1.165) is 41.5 Å². The number of rotatable bonds is 5. The van der Waals surface area contributed by atoms with Crippen molar-refractivity contribution in [1.29, 1.82) is 0 Å². The molecule has 6 atom stereocenters. The molecule has 0 aliphatic heterocycles. The summed E-state index contributed by atoms with van der Waals surface area (Å²) in [5.74, 6) is 5.78. The van der Waals surface area contributed by atoms with E-state index in [1.165, 1.54) is 38.5 Å². The van der Waals surface area contributed by atoms with Crippen LogP contribution in [0.5, 0.6) is 0 Å². The Balaban J connectivity index is 2.16. The van der Waals surface area contributed by atoms with Crippen molar-refractivity contribution in [2.24, 2.45) is 35.5 Å². The van der Waals surface area contributed by atoms with Crippen LogP contribution in [0.15, 0.2) is 0 Å². The highest BCUT2D eigenvalue weighted by atomic mass is 14.9. The topological polar surface area (TPSA) is 12.0 Å². The lowest BCUT2D eigenvalue weighted by molar-refractivity contribution is 0.150. The number of fused-ring (bicyclic) bond motifs is 1. The van der Waals surface area contributed by atoms with Gasteiger partial charge in [0.15, 0.2) is 0 Å². The van der Waals surface area contributed by atoms with Crippen LogP contribution in [-0.4, -0.2) is 13.1 Å². The van der Waals surface area contributed by atoms with Gasteiger partial charge >= 0.3 is 0 Å². The lowest BCUT2D eigenvalue weighted by Crippen LogP contribution is -2.44. The van der Waals surface area contributed by atoms with Gasteiger partial charge in [0.25, 0.3) is 0 Å². The number of hydrogen-bond acceptors (Lipinski definition) is 1. The van der Waals surface area contributed by atoms with Gasteiger partial charge in [-0.2, -0.15) is 0 Å². The van der Waals surface area contributed by atoms with Gasteiger partial charge in [-0.1, -0.05) is 59.8 Å². The summed E-state index contributed by atoms with van der Waals surface area (Å²) in [6, 6.07) is 0.751. The highest BCUT2D eigenvalue weighted by Crippen LogP contribution is 2.58. The predicted octanol–water partition coefficient (Wildman–Crippen LogP) is 4.72. The third kappa shape index (κ3) is 3.01. The summed E-state index contributed by atoms with van der Waals surface area (Å²) in [6.07, 6.45) is 8.58. The van der Waals surface area contributed by atoms with E-state index in [9.17, 15) is 0 Å². The van der Waals surface area contributed by atoms with E-state index in [1.807, 2.05) is 0 Å². The standard InChI is InChI=1S/C18H35N/c1-6-14(7-2)18(19-5)16-12(3)10-8-9-11-15-13(4)17(15)16/h12-19H,6-11H2,1-5H3. The molecular weight excluding hydrogens is 230 g/mol. The zero-order chi connectivity index (χ0) is 14.0. The van der Waals surface area contributed by atoms with Crippen LogP contribution in [0, 0.1) is 35.5 Å². The second-order valence-corrected chi connectivity index (χ2v) is 7.33. The fourth-order valence-electron chi connectivity index (χ4n) is 5.22. The van der Waals surface area contributed by atoms with E-state index in [0.29, 0.717) is 0 Å². The van der Waals surface area contributed by atoms with Crippen molar-refractivity contribution < 1.29 is 0 Å². The molecule has 0 bridgehead atoms. The molecule has 6 unspecified atom stereocenters. The van der Waals surface area contributed by atoms with Gasteiger partial charge in [-0.05, 0) is 49.0 Å². The Labute approximate surface area is 120 Å². The maximum Gasteiger partial charge on any atom is 0.0126 e. The first-order chi connectivity index (χ1) is 9.15. The van der Waals surface area contributed by atoms with Crippen LogP contribution in [0.3, 0.4) is 0 Å². The van der Waals surface area contributed by atoms with E-state index in [-0.39, 0.29) is 0 Å². The minimum Gasteiger partial charge on any atom is -0.316 e. The Morgan fingerprint density at radius 3 is 2.26 bits per heavy atom. The second kappa shape index (κ2) is 6.61. The van der Waals surface area contributed by atoms with Crippen molar-refractivity contribution >= 4 is 0 Å². The monoisotopic (exact) mass is 265 g/mol. The largest absolute Gasteiger partial charge is 0.316 e. The van der Waals surface area contributed by atoms with E-state index in [4.69, 9.17) is 0 Å². The molecular formula is C18H35N. The molecule has 2 aliphatic carbocycles. The van der Waals surface area contributed by atoms with Gasteiger partial charge in [-0.15, -0.1) is 0 Å². The molecule has 0 amide bonds. The van der Waals surface area contributed by atoms with Gasteiger partial charge in [0.2, 0.25) is 0 Å². The maximum absolute atomic E-state index is 3.73. The van der Waals surface area contributed by atoms with E-state index >= 15 is 0 Å². The second-order valence-electron chi connectivity index (χ2n) is 7.33. The molecule has 0 aromatic heterocycles. The molecule has 1 nitrogen and oxygen atoms in total. The smallest absolute Gasteiger partial charge is 0.0126 e. The molecule has 1 N–H and O–H groups in total. The van der Waals surface area contributed by atoms with Crippen molar-refractivity contribution in [3.8, 4) is 0 Å². The van der Waals surface area contributed by atoms with Crippen LogP contribution in [0.25, 0.3) is 0 Å². The molecule has 0 aromatic rings. The predicted molar refractivity (Wildman–Crippen MR) is 84.2 cm³/mol. The zero-order valence-electron chi connectivity index (χ0n) is 13.8. The fraction of sp³-hybridized carbons (Fsp3) is 1.00. The molecule has 0 aromatic carbocycles. The first kappa shape index (κ1) is 15.4. The fourth-order valence-corrected chi connectivity index (χ4v) is 5.22. The lowest BCUT2D eigenvalue weighted by Gasteiger charge is -2.38. The van der Waals surface area contributed by atoms with Crippen molar-refractivity contribution in [2.45, 2.75) is 72.3 Å². The lowest BCUT2D eigenvalue weighted by atomic mass is 9.72. The Morgan fingerprint density at radius 2 is 1.68 bits per heavy atom. The van der Waals surface area contributed by atoms with Crippen LogP contribution in [0.1, 0.15) is 66.2 Å². The van der Waals surface area contributed by atoms with E-state index in [2.05, 4.69) is 40.1 Å². The third-order valence-electron chi connectivity index (χ3n) is 6.49. The number of hydrogen-bond donors (Lipinski definition) is 1. The Hall–Kier alpha value is -0.0400. The molecule has 19 heavy (non-hydrogen) atoms. The summed E-state index contributed by atoms with van der Waals surface area (Å²) in [7, 11) is 2.20. The minimum atomic E-state index is 0.751. The minimum absolute atomic E-state index is 0.751. The zero-order valence-corrected chi connectivity index (χ0v) is 13.8. The normalized spacial score (nSPS) is 40.4. The Kier molecular flexibility index (Phi) is 5.34. The van der Waals surface area contributed by atoms with Gasteiger partial charge in [-0.3, -0.25) is 0 Å². The SMILES string of the molecule is CCC(CC)C(NC)C1C(C)CCCCC2C(C)C21. The molecule has 1 heteroatoms. The van der Waals surface area contributed by atoms with Crippen LogP contribution in [-0.2, 0) is 0 Å². The Morgan fingerprint density at radius 1 is 1.05 bits per heavy atom. The highest BCUT2D eigenvalue weighted by molar-refractivity contribution is 5.04. The van der Waals surface area contributed by atoms with Gasteiger partial charge in [0.05, 0.1) is 0 Å². The van der Waals surface area contributed by atoms with Crippen molar-refractivity contribution in [3.63, 3.8) is 0 Å². The first-order valence-electron chi connectivity index (χ1n) is 8.82. The molecule has 2 rings (SSSR count). The maximum atomic E-state index is 3.73. The summed E-state index contributed by atoms with van der Waals surface area (Å²) in [5, 5.41) is 3.73. The van der Waals surface area contributed by atoms with Gasteiger partial charge in [0.1, 0.15) is 0 Å².